The van der Waals surface area contributed by atoms with Crippen LogP contribution in [-0.2, 0) is 4.74 Å². The maximum Gasteiger partial charge on any atom is 0.203 e. The van der Waals surface area contributed by atoms with Gasteiger partial charge in [0, 0.05) is 12.8 Å². The minimum absolute atomic E-state index is 0.258. The van der Waals surface area contributed by atoms with Crippen LogP contribution in [0.2, 0.25) is 0 Å². The third-order valence-electron chi connectivity index (χ3n) is 3.26. The molecule has 20 heavy (non-hydrogen) atoms. The molecule has 1 aromatic rings. The summed E-state index contributed by atoms with van der Waals surface area (Å²) in [7, 11) is 4.79. The molecule has 0 bridgehead atoms. The molecule has 1 aromatic carbocycles. The van der Waals surface area contributed by atoms with Crippen molar-refractivity contribution in [1.29, 1.82) is 0 Å². The van der Waals surface area contributed by atoms with E-state index in [1.54, 1.807) is 21.3 Å². The molecule has 1 atom stereocenters. The summed E-state index contributed by atoms with van der Waals surface area (Å²) in [5, 5.41) is 0. The lowest BCUT2D eigenvalue weighted by Crippen LogP contribution is -2.09. The van der Waals surface area contributed by atoms with Crippen molar-refractivity contribution >= 4 is 6.21 Å². The van der Waals surface area contributed by atoms with Gasteiger partial charge in [-0.25, -0.2) is 0 Å². The second kappa shape index (κ2) is 7.14. The molecule has 0 saturated carbocycles. The second-order valence-electron chi connectivity index (χ2n) is 4.59. The van der Waals surface area contributed by atoms with E-state index in [4.69, 9.17) is 18.9 Å². The summed E-state index contributed by atoms with van der Waals surface area (Å²) in [6.07, 6.45) is 4.29. The largest absolute Gasteiger partial charge is 0.493 e. The van der Waals surface area contributed by atoms with Crippen LogP contribution in [0.5, 0.6) is 17.2 Å². The lowest BCUT2D eigenvalue weighted by Gasteiger charge is -2.12. The van der Waals surface area contributed by atoms with Gasteiger partial charge in [-0.3, -0.25) is 4.99 Å². The maximum absolute atomic E-state index is 5.53. The van der Waals surface area contributed by atoms with E-state index < -0.39 is 0 Å². The van der Waals surface area contributed by atoms with E-state index in [0.29, 0.717) is 23.8 Å². The van der Waals surface area contributed by atoms with Crippen molar-refractivity contribution in [2.45, 2.75) is 18.9 Å². The van der Waals surface area contributed by atoms with Crippen LogP contribution in [0.25, 0.3) is 0 Å². The Morgan fingerprint density at radius 3 is 2.40 bits per heavy atom. The average molecular weight is 279 g/mol. The van der Waals surface area contributed by atoms with Crippen LogP contribution in [0, 0.1) is 0 Å². The van der Waals surface area contributed by atoms with Gasteiger partial charge < -0.3 is 18.9 Å². The zero-order valence-electron chi connectivity index (χ0n) is 12.2. The molecule has 0 N–H and O–H groups in total. The number of rotatable bonds is 6. The van der Waals surface area contributed by atoms with Crippen molar-refractivity contribution < 1.29 is 18.9 Å². The Labute approximate surface area is 119 Å². The lowest BCUT2D eigenvalue weighted by molar-refractivity contribution is 0.118. The van der Waals surface area contributed by atoms with Gasteiger partial charge in [-0.15, -0.1) is 0 Å². The van der Waals surface area contributed by atoms with E-state index in [1.807, 2.05) is 18.3 Å². The molecule has 1 saturated heterocycles. The number of methoxy groups -OCH3 is 3. The van der Waals surface area contributed by atoms with Gasteiger partial charge in [0.15, 0.2) is 11.5 Å². The Hall–Kier alpha value is -1.75. The first-order chi connectivity index (χ1) is 9.78. The fourth-order valence-corrected chi connectivity index (χ4v) is 2.24. The topological polar surface area (TPSA) is 49.3 Å². The van der Waals surface area contributed by atoms with Crippen LogP contribution >= 0.6 is 0 Å². The number of benzene rings is 1. The first-order valence-electron chi connectivity index (χ1n) is 6.70. The summed E-state index contributed by atoms with van der Waals surface area (Å²) < 4.78 is 21.4. The van der Waals surface area contributed by atoms with Crippen molar-refractivity contribution in [1.82, 2.24) is 0 Å². The minimum atomic E-state index is 0.258. The molecule has 0 unspecified atom stereocenters. The monoisotopic (exact) mass is 279 g/mol. The van der Waals surface area contributed by atoms with Crippen LogP contribution in [0.1, 0.15) is 18.4 Å². The molecule has 0 aliphatic carbocycles. The molecule has 1 aliphatic rings. The van der Waals surface area contributed by atoms with E-state index >= 15 is 0 Å². The summed E-state index contributed by atoms with van der Waals surface area (Å²) in [5.41, 5.74) is 0.914. The van der Waals surface area contributed by atoms with Gasteiger partial charge in [0.1, 0.15) is 0 Å². The molecule has 110 valence electrons. The van der Waals surface area contributed by atoms with E-state index in [1.165, 1.54) is 0 Å². The molecule has 1 heterocycles. The number of hydrogen-bond acceptors (Lipinski definition) is 5. The second-order valence-corrected chi connectivity index (χ2v) is 4.59. The molecule has 5 nitrogen and oxygen atoms in total. The highest BCUT2D eigenvalue weighted by molar-refractivity contribution is 5.82. The third-order valence-corrected chi connectivity index (χ3v) is 3.26. The van der Waals surface area contributed by atoms with Crippen LogP contribution in [0.3, 0.4) is 0 Å². The predicted octanol–water partition coefficient (Wildman–Crippen LogP) is 2.31. The molecular formula is C15H21NO4. The Bertz CT molecular complexity index is 442. The van der Waals surface area contributed by atoms with Crippen molar-refractivity contribution in [3.63, 3.8) is 0 Å². The summed E-state index contributed by atoms with van der Waals surface area (Å²) in [4.78, 5) is 4.43. The fraction of sp³-hybridized carbons (Fsp3) is 0.533. The molecule has 2 rings (SSSR count). The summed E-state index contributed by atoms with van der Waals surface area (Å²) >= 11 is 0. The summed E-state index contributed by atoms with van der Waals surface area (Å²) in [6.45, 7) is 1.54. The van der Waals surface area contributed by atoms with Crippen molar-refractivity contribution in [3.8, 4) is 17.2 Å². The van der Waals surface area contributed by atoms with Crippen molar-refractivity contribution in [3.05, 3.63) is 17.7 Å². The molecule has 5 heteroatoms. The van der Waals surface area contributed by atoms with Gasteiger partial charge in [0.05, 0.1) is 34.0 Å². The van der Waals surface area contributed by atoms with Gasteiger partial charge in [-0.1, -0.05) is 0 Å². The first kappa shape index (κ1) is 14.7. The first-order valence-corrected chi connectivity index (χ1v) is 6.70. The molecule has 0 spiro atoms. The highest BCUT2D eigenvalue weighted by Crippen LogP contribution is 2.37. The number of hydrogen-bond donors (Lipinski definition) is 0. The minimum Gasteiger partial charge on any atom is -0.493 e. The Morgan fingerprint density at radius 1 is 1.20 bits per heavy atom. The highest BCUT2D eigenvalue weighted by Gasteiger charge is 2.15. The number of aliphatic imine (C=N–C) groups is 1. The smallest absolute Gasteiger partial charge is 0.203 e. The fourth-order valence-electron chi connectivity index (χ4n) is 2.24. The van der Waals surface area contributed by atoms with Crippen molar-refractivity contribution in [2.75, 3.05) is 34.5 Å². The van der Waals surface area contributed by atoms with Gasteiger partial charge in [-0.05, 0) is 30.5 Å². The predicted molar refractivity (Wildman–Crippen MR) is 77.5 cm³/mol. The Balaban J connectivity index is 2.12. The van der Waals surface area contributed by atoms with Gasteiger partial charge in [0.25, 0.3) is 0 Å². The van der Waals surface area contributed by atoms with Crippen LogP contribution in [0.4, 0.5) is 0 Å². The van der Waals surface area contributed by atoms with Crippen LogP contribution in [0.15, 0.2) is 17.1 Å². The number of ether oxygens (including phenoxy) is 4. The van der Waals surface area contributed by atoms with E-state index in [-0.39, 0.29) is 6.10 Å². The Kier molecular flexibility index (Phi) is 5.24. The molecule has 1 aliphatic heterocycles. The summed E-state index contributed by atoms with van der Waals surface area (Å²) in [6, 6.07) is 3.75. The third kappa shape index (κ3) is 3.42. The molecule has 0 radical (unpaired) electrons. The zero-order chi connectivity index (χ0) is 14.4. The molecule has 0 aromatic heterocycles. The number of nitrogens with zero attached hydrogens (tertiary/aromatic N) is 1. The van der Waals surface area contributed by atoms with Gasteiger partial charge in [0.2, 0.25) is 5.75 Å². The van der Waals surface area contributed by atoms with Gasteiger partial charge in [-0.2, -0.15) is 0 Å². The van der Waals surface area contributed by atoms with E-state index in [0.717, 1.165) is 25.0 Å². The summed E-state index contributed by atoms with van der Waals surface area (Å²) in [5.74, 6) is 1.85. The van der Waals surface area contributed by atoms with Crippen LogP contribution in [-0.4, -0.2) is 46.8 Å². The average Bonchev–Trinajstić information content (AvgIpc) is 2.99. The SMILES string of the molecule is COc1cc(C=NC[C@@H]2CCCO2)cc(OC)c1OC. The highest BCUT2D eigenvalue weighted by atomic mass is 16.5. The molecular weight excluding hydrogens is 258 g/mol. The Morgan fingerprint density at radius 2 is 1.90 bits per heavy atom. The van der Waals surface area contributed by atoms with E-state index in [2.05, 4.69) is 4.99 Å². The lowest BCUT2D eigenvalue weighted by atomic mass is 10.2. The zero-order valence-corrected chi connectivity index (χ0v) is 12.2. The maximum atomic E-state index is 5.53. The molecule has 0 amide bonds. The standard InChI is InChI=1S/C15H21NO4/c1-17-13-7-11(8-14(18-2)15(13)19-3)9-16-10-12-5-4-6-20-12/h7-9,12H,4-6,10H2,1-3H3/t12-/m0/s1. The quantitative estimate of drug-likeness (QED) is 0.750. The normalized spacial score (nSPS) is 18.4. The van der Waals surface area contributed by atoms with Crippen molar-refractivity contribution in [2.24, 2.45) is 4.99 Å². The van der Waals surface area contributed by atoms with E-state index in [9.17, 15) is 0 Å². The van der Waals surface area contributed by atoms with Gasteiger partial charge >= 0.3 is 0 Å². The van der Waals surface area contributed by atoms with Crippen LogP contribution < -0.4 is 14.2 Å². The molecule has 1 fully saturated rings.